The van der Waals surface area contributed by atoms with Gasteiger partial charge in [0.05, 0.1) is 17.0 Å². The highest BCUT2D eigenvalue weighted by Gasteiger charge is 2.34. The van der Waals surface area contributed by atoms with Crippen molar-refractivity contribution in [3.8, 4) is 0 Å². The Bertz CT molecular complexity index is 747. The van der Waals surface area contributed by atoms with Crippen molar-refractivity contribution in [1.29, 1.82) is 0 Å². The third-order valence-corrected chi connectivity index (χ3v) is 5.89. The molecule has 0 saturated carbocycles. The molecule has 0 aliphatic carbocycles. The SMILES string of the molecule is Cc1[nH]cnc1CN1C[C@@H]2CC[C@H](C1)N(Cc1ccc(Cl)c(F)c1)C2. The molecule has 2 atom stereocenters. The predicted octanol–water partition coefficient (Wildman–Crippen LogP) is 3.61. The normalized spacial score (nSPS) is 24.6. The molecule has 6 heteroatoms. The fourth-order valence-corrected chi connectivity index (χ4v) is 4.35. The summed E-state index contributed by atoms with van der Waals surface area (Å²) in [4.78, 5) is 12.7. The number of hydrogen-bond acceptors (Lipinski definition) is 3. The average Bonchev–Trinajstić information content (AvgIpc) is 2.80. The zero-order chi connectivity index (χ0) is 17.4. The quantitative estimate of drug-likeness (QED) is 0.902. The lowest BCUT2D eigenvalue weighted by molar-refractivity contribution is 0.123. The van der Waals surface area contributed by atoms with E-state index in [1.807, 2.05) is 6.07 Å². The Balaban J connectivity index is 1.45. The first-order valence-corrected chi connectivity index (χ1v) is 9.35. The van der Waals surface area contributed by atoms with E-state index in [1.54, 1.807) is 18.5 Å². The smallest absolute Gasteiger partial charge is 0.142 e. The van der Waals surface area contributed by atoms with Gasteiger partial charge in [-0.3, -0.25) is 9.80 Å². The number of aromatic nitrogens is 2. The monoisotopic (exact) mass is 362 g/mol. The largest absolute Gasteiger partial charge is 0.348 e. The number of aromatic amines is 1. The Morgan fingerprint density at radius 1 is 1.24 bits per heavy atom. The van der Waals surface area contributed by atoms with Crippen LogP contribution in [-0.4, -0.2) is 45.4 Å². The van der Waals surface area contributed by atoms with Crippen molar-refractivity contribution in [2.75, 3.05) is 19.6 Å². The fraction of sp³-hybridized carbons (Fsp3) is 0.526. The third-order valence-electron chi connectivity index (χ3n) is 5.58. The summed E-state index contributed by atoms with van der Waals surface area (Å²) in [6.45, 7) is 7.05. The number of aryl methyl sites for hydroxylation is 1. The third kappa shape index (κ3) is 3.73. The van der Waals surface area contributed by atoms with Gasteiger partial charge in [0.15, 0.2) is 0 Å². The van der Waals surface area contributed by atoms with Crippen LogP contribution in [0.1, 0.15) is 29.8 Å². The number of rotatable bonds is 4. The Morgan fingerprint density at radius 3 is 2.88 bits per heavy atom. The van der Waals surface area contributed by atoms with Gasteiger partial charge in [0, 0.05) is 44.5 Å². The Hall–Kier alpha value is -1.43. The number of piperidine rings is 1. The van der Waals surface area contributed by atoms with Crippen LogP contribution in [-0.2, 0) is 13.1 Å². The van der Waals surface area contributed by atoms with Gasteiger partial charge >= 0.3 is 0 Å². The Labute approximate surface area is 153 Å². The summed E-state index contributed by atoms with van der Waals surface area (Å²) in [5.41, 5.74) is 3.31. The number of fused-ring (bicyclic) bond motifs is 4. The Kier molecular flexibility index (Phi) is 4.80. The number of benzene rings is 1. The number of H-pyrrole nitrogens is 1. The second kappa shape index (κ2) is 7.06. The van der Waals surface area contributed by atoms with E-state index in [4.69, 9.17) is 11.6 Å². The van der Waals surface area contributed by atoms with E-state index < -0.39 is 0 Å². The maximum Gasteiger partial charge on any atom is 0.142 e. The molecular weight excluding hydrogens is 339 g/mol. The lowest BCUT2D eigenvalue weighted by Gasteiger charge is -2.36. The number of nitrogens with zero attached hydrogens (tertiary/aromatic N) is 3. The van der Waals surface area contributed by atoms with E-state index >= 15 is 0 Å². The first-order valence-electron chi connectivity index (χ1n) is 8.97. The van der Waals surface area contributed by atoms with Crippen LogP contribution in [0.5, 0.6) is 0 Å². The minimum absolute atomic E-state index is 0.196. The van der Waals surface area contributed by atoms with Gasteiger partial charge in [0.25, 0.3) is 0 Å². The zero-order valence-electron chi connectivity index (χ0n) is 14.5. The van der Waals surface area contributed by atoms with Crippen molar-refractivity contribution in [3.63, 3.8) is 0 Å². The zero-order valence-corrected chi connectivity index (χ0v) is 15.3. The van der Waals surface area contributed by atoms with Gasteiger partial charge < -0.3 is 4.98 Å². The number of imidazole rings is 1. The molecule has 0 unspecified atom stereocenters. The summed E-state index contributed by atoms with van der Waals surface area (Å²) in [7, 11) is 0. The lowest BCUT2D eigenvalue weighted by Crippen LogP contribution is -2.43. The molecule has 1 N–H and O–H groups in total. The van der Waals surface area contributed by atoms with Gasteiger partial charge in [-0.1, -0.05) is 17.7 Å². The van der Waals surface area contributed by atoms with E-state index in [-0.39, 0.29) is 10.8 Å². The van der Waals surface area contributed by atoms with E-state index in [1.165, 1.54) is 12.8 Å². The van der Waals surface area contributed by atoms with Crippen molar-refractivity contribution in [3.05, 3.63) is 52.3 Å². The number of hydrogen-bond donors (Lipinski definition) is 1. The highest BCUT2D eigenvalue weighted by molar-refractivity contribution is 6.30. The van der Waals surface area contributed by atoms with Crippen LogP contribution in [0.3, 0.4) is 0 Å². The molecule has 1 aromatic heterocycles. The van der Waals surface area contributed by atoms with E-state index in [0.717, 1.165) is 49.7 Å². The summed E-state index contributed by atoms with van der Waals surface area (Å²) in [6.07, 6.45) is 4.28. The molecule has 5 rings (SSSR count). The summed E-state index contributed by atoms with van der Waals surface area (Å²) in [5, 5.41) is 0.196. The van der Waals surface area contributed by atoms with Gasteiger partial charge in [-0.15, -0.1) is 0 Å². The second-order valence-electron chi connectivity index (χ2n) is 7.44. The van der Waals surface area contributed by atoms with Gasteiger partial charge in [-0.25, -0.2) is 9.37 Å². The molecule has 0 spiro atoms. The highest BCUT2D eigenvalue weighted by Crippen LogP contribution is 2.30. The predicted molar refractivity (Wildman–Crippen MR) is 96.9 cm³/mol. The van der Waals surface area contributed by atoms with Gasteiger partial charge in [-0.05, 0) is 43.4 Å². The molecule has 25 heavy (non-hydrogen) atoms. The maximum absolute atomic E-state index is 13.7. The van der Waals surface area contributed by atoms with Crippen LogP contribution < -0.4 is 0 Å². The molecule has 2 bridgehead atoms. The summed E-state index contributed by atoms with van der Waals surface area (Å²) >= 11 is 5.81. The summed E-state index contributed by atoms with van der Waals surface area (Å²) < 4.78 is 13.7. The minimum Gasteiger partial charge on any atom is -0.348 e. The topological polar surface area (TPSA) is 35.2 Å². The van der Waals surface area contributed by atoms with Crippen LogP contribution in [0.15, 0.2) is 24.5 Å². The molecular formula is C19H24ClFN4. The van der Waals surface area contributed by atoms with Crippen molar-refractivity contribution in [2.24, 2.45) is 5.92 Å². The summed E-state index contributed by atoms with van der Waals surface area (Å²) in [5.74, 6) is 0.352. The molecule has 2 aromatic rings. The highest BCUT2D eigenvalue weighted by atomic mass is 35.5. The van der Waals surface area contributed by atoms with Crippen molar-refractivity contribution in [1.82, 2.24) is 19.8 Å². The molecule has 4 nitrogen and oxygen atoms in total. The van der Waals surface area contributed by atoms with Gasteiger partial charge in [-0.2, -0.15) is 0 Å². The van der Waals surface area contributed by atoms with E-state index in [2.05, 4.69) is 26.7 Å². The van der Waals surface area contributed by atoms with E-state index in [0.29, 0.717) is 12.0 Å². The summed E-state index contributed by atoms with van der Waals surface area (Å²) in [6, 6.07) is 5.70. The van der Waals surface area contributed by atoms with Crippen LogP contribution in [0, 0.1) is 18.7 Å². The van der Waals surface area contributed by atoms with Gasteiger partial charge in [0.1, 0.15) is 5.82 Å². The number of nitrogens with one attached hydrogen (secondary N) is 1. The van der Waals surface area contributed by atoms with Crippen LogP contribution in [0.25, 0.3) is 0 Å². The number of halogens is 2. The fourth-order valence-electron chi connectivity index (χ4n) is 4.23. The van der Waals surface area contributed by atoms with Crippen molar-refractivity contribution in [2.45, 2.75) is 38.9 Å². The van der Waals surface area contributed by atoms with Crippen molar-refractivity contribution >= 4 is 11.6 Å². The molecule has 3 aliphatic rings. The lowest BCUT2D eigenvalue weighted by atomic mass is 9.94. The first kappa shape index (κ1) is 17.0. The molecule has 3 aliphatic heterocycles. The van der Waals surface area contributed by atoms with Crippen molar-refractivity contribution < 1.29 is 4.39 Å². The standard InChI is InChI=1S/C19H24ClFN4/c1-13-19(23-12-22-13)11-24-7-15-2-4-16(10-24)25(9-15)8-14-3-5-17(20)18(21)6-14/h3,5-6,12,15-16H,2,4,7-11H2,1H3,(H,22,23)/t15-,16+/m0/s1. The molecule has 4 heterocycles. The van der Waals surface area contributed by atoms with Gasteiger partial charge in [0.2, 0.25) is 0 Å². The van der Waals surface area contributed by atoms with E-state index in [9.17, 15) is 4.39 Å². The molecule has 0 radical (unpaired) electrons. The second-order valence-corrected chi connectivity index (χ2v) is 7.85. The molecule has 3 fully saturated rings. The minimum atomic E-state index is -0.324. The Morgan fingerprint density at radius 2 is 2.12 bits per heavy atom. The van der Waals surface area contributed by atoms with Crippen LogP contribution in [0.4, 0.5) is 4.39 Å². The average molecular weight is 363 g/mol. The molecule has 1 aromatic carbocycles. The molecule has 0 amide bonds. The molecule has 3 saturated heterocycles. The van der Waals surface area contributed by atoms with Crippen LogP contribution >= 0.6 is 11.6 Å². The van der Waals surface area contributed by atoms with Crippen LogP contribution in [0.2, 0.25) is 5.02 Å². The maximum atomic E-state index is 13.7. The molecule has 134 valence electrons. The first-order chi connectivity index (χ1) is 12.1.